The summed E-state index contributed by atoms with van der Waals surface area (Å²) < 4.78 is 0. The molecular weight excluding hydrogens is 382 g/mol. The van der Waals surface area contributed by atoms with Gasteiger partial charge in [-0.25, -0.2) is 9.68 Å². The maximum Gasteiger partial charge on any atom is 0.270 e. The molecule has 6 heteroatoms. The van der Waals surface area contributed by atoms with Gasteiger partial charge in [0, 0.05) is 19.8 Å². The molecule has 3 rings (SSSR count). The lowest BCUT2D eigenvalue weighted by molar-refractivity contribution is -0.420. The van der Waals surface area contributed by atoms with Gasteiger partial charge < -0.3 is 10.2 Å². The second-order valence-corrected chi connectivity index (χ2v) is 8.99. The number of nitrogens with zero attached hydrogens (tertiary/aromatic N) is 1. The molecule has 2 saturated carbocycles. The summed E-state index contributed by atoms with van der Waals surface area (Å²) in [5.74, 6) is -1.74. The Morgan fingerprint density at radius 1 is 1.43 bits per heavy atom. The van der Waals surface area contributed by atoms with Crippen LogP contribution in [0.4, 0.5) is 0 Å². The number of hydrogen-bond donors (Lipinski definition) is 2. The minimum Gasteiger partial charge on any atom is -0.388 e. The van der Waals surface area contributed by atoms with Gasteiger partial charge in [0.15, 0.2) is 0 Å². The molecule has 0 radical (unpaired) electrons. The van der Waals surface area contributed by atoms with Gasteiger partial charge in [0.2, 0.25) is 5.79 Å². The maximum absolute atomic E-state index is 11.6. The molecule has 3 aliphatic rings. The number of amides is 1. The van der Waals surface area contributed by atoms with Crippen molar-refractivity contribution in [3.63, 3.8) is 0 Å². The topological polar surface area (TPSA) is 79.2 Å². The van der Waals surface area contributed by atoms with Crippen molar-refractivity contribution in [2.24, 2.45) is 11.3 Å². The van der Waals surface area contributed by atoms with Gasteiger partial charge in [-0.3, -0.25) is 4.79 Å². The molecule has 2 fully saturated rings. The Balaban J connectivity index is 1.83. The summed E-state index contributed by atoms with van der Waals surface area (Å²) in [6.45, 7) is 9.90. The number of carbonyl (C=O) groups excluding carboxylic acids is 1. The van der Waals surface area contributed by atoms with Crippen LogP contribution in [-0.4, -0.2) is 40.3 Å². The van der Waals surface area contributed by atoms with E-state index in [0.717, 1.165) is 31.3 Å². The van der Waals surface area contributed by atoms with Gasteiger partial charge in [0.1, 0.15) is 0 Å². The smallest absolute Gasteiger partial charge is 0.270 e. The number of carbonyl (C=O) groups is 1. The van der Waals surface area contributed by atoms with Crippen molar-refractivity contribution in [3.05, 3.63) is 47.1 Å². The minimum atomic E-state index is -1.75. The van der Waals surface area contributed by atoms with Gasteiger partial charge in [-0.2, -0.15) is 0 Å². The van der Waals surface area contributed by atoms with Gasteiger partial charge in [-0.15, -0.1) is 0 Å². The van der Waals surface area contributed by atoms with E-state index in [1.807, 2.05) is 6.08 Å². The van der Waals surface area contributed by atoms with Crippen LogP contribution in [0.25, 0.3) is 0 Å². The Bertz CT molecular complexity index is 797. The predicted molar refractivity (Wildman–Crippen MR) is 115 cm³/mol. The van der Waals surface area contributed by atoms with E-state index in [0.29, 0.717) is 16.7 Å². The SMILES string of the molecule is C=C1C(=CC=C2CCC[C@]3(C)C(CC)=CC[C@@H]23)C[C@](O)(ON(OC)C(C)=O)C[C@@H]1O. The molecule has 0 unspecified atom stereocenters. The molecule has 0 bridgehead atoms. The van der Waals surface area contributed by atoms with E-state index in [2.05, 4.69) is 32.6 Å². The predicted octanol–water partition coefficient (Wildman–Crippen LogP) is 4.13. The van der Waals surface area contributed by atoms with Crippen LogP contribution in [0.1, 0.15) is 65.7 Å². The summed E-state index contributed by atoms with van der Waals surface area (Å²) in [6, 6.07) is 0. The van der Waals surface area contributed by atoms with Crippen LogP contribution in [0.15, 0.2) is 47.1 Å². The van der Waals surface area contributed by atoms with E-state index in [-0.39, 0.29) is 18.3 Å². The fraction of sp³-hybridized carbons (Fsp3) is 0.625. The molecule has 30 heavy (non-hydrogen) atoms. The van der Waals surface area contributed by atoms with Crippen molar-refractivity contribution in [1.82, 2.24) is 5.23 Å². The molecule has 166 valence electrons. The summed E-state index contributed by atoms with van der Waals surface area (Å²) in [4.78, 5) is 21.9. The summed E-state index contributed by atoms with van der Waals surface area (Å²) in [7, 11) is 1.28. The van der Waals surface area contributed by atoms with Gasteiger partial charge in [0.05, 0.1) is 13.2 Å². The van der Waals surface area contributed by atoms with Crippen molar-refractivity contribution < 1.29 is 24.7 Å². The fourth-order valence-electron chi connectivity index (χ4n) is 5.40. The van der Waals surface area contributed by atoms with Crippen LogP contribution in [-0.2, 0) is 14.5 Å². The first-order valence-electron chi connectivity index (χ1n) is 10.9. The lowest BCUT2D eigenvalue weighted by Gasteiger charge is -2.41. The molecule has 6 nitrogen and oxygen atoms in total. The number of hydrogen-bond acceptors (Lipinski definition) is 5. The van der Waals surface area contributed by atoms with Crippen molar-refractivity contribution in [2.75, 3.05) is 7.11 Å². The van der Waals surface area contributed by atoms with Crippen LogP contribution in [0, 0.1) is 11.3 Å². The molecule has 0 aromatic carbocycles. The fourth-order valence-corrected chi connectivity index (χ4v) is 5.40. The Labute approximate surface area is 179 Å². The van der Waals surface area contributed by atoms with Gasteiger partial charge in [-0.05, 0) is 54.6 Å². The first-order valence-corrected chi connectivity index (χ1v) is 10.9. The number of rotatable bonds is 5. The van der Waals surface area contributed by atoms with E-state index < -0.39 is 17.8 Å². The largest absolute Gasteiger partial charge is 0.388 e. The molecule has 0 spiro atoms. The van der Waals surface area contributed by atoms with Gasteiger partial charge >= 0.3 is 0 Å². The molecule has 3 aliphatic carbocycles. The molecule has 0 aromatic heterocycles. The number of aliphatic hydroxyl groups excluding tert-OH is 1. The minimum absolute atomic E-state index is 0.0860. The molecule has 0 heterocycles. The van der Waals surface area contributed by atoms with Crippen LogP contribution < -0.4 is 0 Å². The number of fused-ring (bicyclic) bond motifs is 1. The Kier molecular flexibility index (Phi) is 6.72. The Hall–Kier alpha value is -1.73. The lowest BCUT2D eigenvalue weighted by atomic mass is 9.64. The zero-order chi connectivity index (χ0) is 22.1. The van der Waals surface area contributed by atoms with Crippen molar-refractivity contribution in [1.29, 1.82) is 0 Å². The summed E-state index contributed by atoms with van der Waals surface area (Å²) in [5, 5.41) is 22.0. The van der Waals surface area contributed by atoms with Gasteiger partial charge in [0.25, 0.3) is 5.91 Å². The van der Waals surface area contributed by atoms with Crippen molar-refractivity contribution in [2.45, 2.75) is 77.6 Å². The van der Waals surface area contributed by atoms with Crippen LogP contribution in [0.5, 0.6) is 0 Å². The van der Waals surface area contributed by atoms with Gasteiger partial charge in [-0.1, -0.05) is 55.0 Å². The molecule has 0 aliphatic heterocycles. The van der Waals surface area contributed by atoms with Crippen LogP contribution in [0.3, 0.4) is 0 Å². The second-order valence-electron chi connectivity index (χ2n) is 8.99. The molecule has 4 atom stereocenters. The highest BCUT2D eigenvalue weighted by molar-refractivity contribution is 5.70. The number of hydroxylamine groups is 2. The molecule has 1 amide bonds. The molecule has 0 saturated heterocycles. The average molecular weight is 418 g/mol. The maximum atomic E-state index is 11.6. The summed E-state index contributed by atoms with van der Waals surface area (Å²) in [6.07, 6.45) is 11.2. The lowest BCUT2D eigenvalue weighted by Crippen LogP contribution is -2.47. The quantitative estimate of drug-likeness (QED) is 0.400. The van der Waals surface area contributed by atoms with E-state index in [1.165, 1.54) is 26.0 Å². The third-order valence-corrected chi connectivity index (χ3v) is 7.06. The van der Waals surface area contributed by atoms with E-state index in [9.17, 15) is 15.0 Å². The monoisotopic (exact) mass is 417 g/mol. The highest BCUT2D eigenvalue weighted by atomic mass is 17.0. The molecule has 2 N–H and O–H groups in total. The van der Waals surface area contributed by atoms with E-state index >= 15 is 0 Å². The van der Waals surface area contributed by atoms with Crippen molar-refractivity contribution in [3.8, 4) is 0 Å². The second kappa shape index (κ2) is 8.79. The third kappa shape index (κ3) is 4.33. The Morgan fingerprint density at radius 3 is 2.80 bits per heavy atom. The number of allylic oxidation sites excluding steroid dienone is 5. The summed E-state index contributed by atoms with van der Waals surface area (Å²) in [5.41, 5.74) is 4.51. The number of aliphatic hydroxyl groups is 2. The van der Waals surface area contributed by atoms with E-state index in [4.69, 9.17) is 9.68 Å². The highest BCUT2D eigenvalue weighted by Crippen LogP contribution is 2.55. The standard InChI is InChI=1S/C24H35NO5/c1-6-20-11-12-21-18(8-7-13-23(20,21)4)9-10-19-14-24(28,15-22(27)16(19)2)30-25(29-5)17(3)26/h9-11,21-22,27-28H,2,6-8,12-15H2,1,3-5H3/t21-,22-,23+,24-/m0/s1. The molecular formula is C24H35NO5. The first kappa shape index (κ1) is 22.9. The molecule has 0 aromatic rings. The van der Waals surface area contributed by atoms with E-state index in [1.54, 1.807) is 5.57 Å². The third-order valence-electron chi connectivity index (χ3n) is 7.06. The normalized spacial score (nSPS) is 36.7. The zero-order valence-electron chi connectivity index (χ0n) is 18.6. The average Bonchev–Trinajstić information content (AvgIpc) is 3.04. The van der Waals surface area contributed by atoms with Crippen molar-refractivity contribution >= 4 is 5.91 Å². The highest BCUT2D eigenvalue weighted by Gasteiger charge is 2.44. The summed E-state index contributed by atoms with van der Waals surface area (Å²) >= 11 is 0. The van der Waals surface area contributed by atoms with Crippen LogP contribution >= 0.6 is 0 Å². The Morgan fingerprint density at radius 2 is 2.17 bits per heavy atom. The first-order chi connectivity index (χ1) is 14.1. The zero-order valence-corrected chi connectivity index (χ0v) is 18.6. The van der Waals surface area contributed by atoms with Crippen LogP contribution in [0.2, 0.25) is 0 Å².